The summed E-state index contributed by atoms with van der Waals surface area (Å²) in [5.74, 6) is -0.120. The molecule has 3 rings (SSSR count). The highest BCUT2D eigenvalue weighted by Gasteiger charge is 2.21. The van der Waals surface area contributed by atoms with Crippen LogP contribution in [0.25, 0.3) is 5.69 Å². The third-order valence-corrected chi connectivity index (χ3v) is 5.00. The molecule has 1 unspecified atom stereocenters. The smallest absolute Gasteiger partial charge is 0.254 e. The predicted octanol–water partition coefficient (Wildman–Crippen LogP) is 4.04. The number of carbonyl (C=O) groups is 1. The molecule has 1 saturated heterocycles. The van der Waals surface area contributed by atoms with E-state index in [1.54, 1.807) is 23.0 Å². The van der Waals surface area contributed by atoms with Crippen molar-refractivity contribution in [2.75, 3.05) is 13.2 Å². The van der Waals surface area contributed by atoms with Crippen molar-refractivity contribution in [3.05, 3.63) is 45.7 Å². The molecule has 2 heterocycles. The molecule has 0 saturated carbocycles. The highest BCUT2D eigenvalue weighted by atomic mass is 35.5. The number of rotatable bonds is 6. The van der Waals surface area contributed by atoms with E-state index in [1.807, 2.05) is 6.07 Å². The zero-order valence-corrected chi connectivity index (χ0v) is 15.6. The SMILES string of the molecule is CCCc1c(C(=O)NCC2CCCO2)cnn1-c1ccc(Cl)c(Cl)c1. The summed E-state index contributed by atoms with van der Waals surface area (Å²) in [6.07, 6.45) is 5.41. The summed E-state index contributed by atoms with van der Waals surface area (Å²) in [5, 5.41) is 8.31. The first kappa shape index (κ1) is 18.2. The second kappa shape index (κ2) is 8.21. The van der Waals surface area contributed by atoms with E-state index in [4.69, 9.17) is 27.9 Å². The van der Waals surface area contributed by atoms with E-state index in [1.165, 1.54) is 0 Å². The summed E-state index contributed by atoms with van der Waals surface area (Å²) in [6, 6.07) is 5.33. The Kier molecular flexibility index (Phi) is 5.99. The van der Waals surface area contributed by atoms with E-state index >= 15 is 0 Å². The summed E-state index contributed by atoms with van der Waals surface area (Å²) in [6.45, 7) is 3.37. The zero-order valence-electron chi connectivity index (χ0n) is 14.1. The lowest BCUT2D eigenvalue weighted by atomic mass is 10.1. The van der Waals surface area contributed by atoms with Crippen molar-refractivity contribution in [2.24, 2.45) is 0 Å². The molecular formula is C18H21Cl2N3O2. The molecule has 7 heteroatoms. The molecule has 0 aliphatic carbocycles. The van der Waals surface area contributed by atoms with Gasteiger partial charge in [0.15, 0.2) is 0 Å². The fourth-order valence-corrected chi connectivity index (χ4v) is 3.28. The van der Waals surface area contributed by atoms with Gasteiger partial charge in [-0.25, -0.2) is 4.68 Å². The van der Waals surface area contributed by atoms with Crippen molar-refractivity contribution in [1.82, 2.24) is 15.1 Å². The van der Waals surface area contributed by atoms with Crippen molar-refractivity contribution in [3.8, 4) is 5.69 Å². The van der Waals surface area contributed by atoms with Crippen molar-refractivity contribution in [1.29, 1.82) is 0 Å². The zero-order chi connectivity index (χ0) is 17.8. The van der Waals surface area contributed by atoms with Crippen molar-refractivity contribution in [3.63, 3.8) is 0 Å². The standard InChI is InChI=1S/C18H21Cl2N3O2/c1-2-4-17-14(18(24)21-10-13-5-3-8-25-13)11-22-23(17)12-6-7-15(19)16(20)9-12/h6-7,9,11,13H,2-5,8,10H2,1H3,(H,21,24). The maximum atomic E-state index is 12.6. The lowest BCUT2D eigenvalue weighted by Crippen LogP contribution is -2.32. The van der Waals surface area contributed by atoms with E-state index in [9.17, 15) is 4.79 Å². The van der Waals surface area contributed by atoms with E-state index in [0.717, 1.165) is 43.7 Å². The molecule has 1 aliphatic heterocycles. The van der Waals surface area contributed by atoms with Gasteiger partial charge in [-0.2, -0.15) is 5.10 Å². The van der Waals surface area contributed by atoms with Crippen LogP contribution in [0.5, 0.6) is 0 Å². The normalized spacial score (nSPS) is 17.0. The number of halogens is 2. The van der Waals surface area contributed by atoms with Gasteiger partial charge in [0.1, 0.15) is 0 Å². The van der Waals surface area contributed by atoms with Crippen LogP contribution >= 0.6 is 23.2 Å². The third-order valence-electron chi connectivity index (χ3n) is 4.26. The number of aromatic nitrogens is 2. The van der Waals surface area contributed by atoms with E-state index in [0.29, 0.717) is 22.2 Å². The maximum absolute atomic E-state index is 12.6. The van der Waals surface area contributed by atoms with Gasteiger partial charge in [0.2, 0.25) is 0 Å². The van der Waals surface area contributed by atoms with Crippen LogP contribution in [-0.4, -0.2) is 34.9 Å². The van der Waals surface area contributed by atoms with Crippen LogP contribution in [0.4, 0.5) is 0 Å². The van der Waals surface area contributed by atoms with Gasteiger partial charge in [0.05, 0.1) is 39.3 Å². The number of benzene rings is 1. The maximum Gasteiger partial charge on any atom is 0.254 e. The number of carbonyl (C=O) groups excluding carboxylic acids is 1. The Morgan fingerprint density at radius 2 is 2.24 bits per heavy atom. The van der Waals surface area contributed by atoms with Crippen molar-refractivity contribution in [2.45, 2.75) is 38.7 Å². The van der Waals surface area contributed by atoms with E-state index < -0.39 is 0 Å². The Labute approximate surface area is 157 Å². The van der Waals surface area contributed by atoms with Gasteiger partial charge in [0, 0.05) is 13.2 Å². The minimum absolute atomic E-state index is 0.115. The van der Waals surface area contributed by atoms with Gasteiger partial charge in [-0.3, -0.25) is 4.79 Å². The molecule has 2 aromatic rings. The first-order valence-corrected chi connectivity index (χ1v) is 9.28. The molecule has 1 aromatic heterocycles. The second-order valence-corrected chi connectivity index (χ2v) is 6.92. The van der Waals surface area contributed by atoms with Gasteiger partial charge in [-0.15, -0.1) is 0 Å². The topological polar surface area (TPSA) is 56.1 Å². The largest absolute Gasteiger partial charge is 0.376 e. The number of nitrogens with one attached hydrogen (secondary N) is 1. The summed E-state index contributed by atoms with van der Waals surface area (Å²) >= 11 is 12.1. The Hall–Kier alpha value is -1.56. The molecule has 1 aliphatic rings. The molecule has 0 radical (unpaired) electrons. The van der Waals surface area contributed by atoms with Crippen molar-refractivity contribution >= 4 is 29.1 Å². The van der Waals surface area contributed by atoms with Crippen LogP contribution in [0.3, 0.4) is 0 Å². The molecule has 5 nitrogen and oxygen atoms in total. The summed E-state index contributed by atoms with van der Waals surface area (Å²) < 4.78 is 7.31. The van der Waals surface area contributed by atoms with Gasteiger partial charge < -0.3 is 10.1 Å². The monoisotopic (exact) mass is 381 g/mol. The lowest BCUT2D eigenvalue weighted by Gasteiger charge is -2.12. The summed E-state index contributed by atoms with van der Waals surface area (Å²) in [4.78, 5) is 12.6. The molecule has 1 amide bonds. The first-order chi connectivity index (χ1) is 12.1. The molecule has 134 valence electrons. The Morgan fingerprint density at radius 1 is 1.40 bits per heavy atom. The van der Waals surface area contributed by atoms with Crippen LogP contribution in [0.2, 0.25) is 10.0 Å². The van der Waals surface area contributed by atoms with E-state index in [-0.39, 0.29) is 12.0 Å². The lowest BCUT2D eigenvalue weighted by molar-refractivity contribution is 0.0857. The van der Waals surface area contributed by atoms with E-state index in [2.05, 4.69) is 17.3 Å². The molecule has 1 N–H and O–H groups in total. The van der Waals surface area contributed by atoms with Crippen LogP contribution in [0.15, 0.2) is 24.4 Å². The van der Waals surface area contributed by atoms with Crippen LogP contribution in [0.1, 0.15) is 42.2 Å². The minimum atomic E-state index is -0.120. The number of ether oxygens (including phenoxy) is 1. The molecule has 1 fully saturated rings. The average Bonchev–Trinajstić information content (AvgIpc) is 3.25. The molecule has 0 bridgehead atoms. The average molecular weight is 382 g/mol. The van der Waals surface area contributed by atoms with Gasteiger partial charge >= 0.3 is 0 Å². The second-order valence-electron chi connectivity index (χ2n) is 6.11. The molecule has 1 aromatic carbocycles. The van der Waals surface area contributed by atoms with Crippen LogP contribution < -0.4 is 5.32 Å². The first-order valence-electron chi connectivity index (χ1n) is 8.52. The summed E-state index contributed by atoms with van der Waals surface area (Å²) in [7, 11) is 0. The highest BCUT2D eigenvalue weighted by Crippen LogP contribution is 2.26. The van der Waals surface area contributed by atoms with Crippen LogP contribution in [-0.2, 0) is 11.2 Å². The number of hydrogen-bond donors (Lipinski definition) is 1. The fourth-order valence-electron chi connectivity index (χ4n) is 2.99. The number of hydrogen-bond acceptors (Lipinski definition) is 3. The van der Waals surface area contributed by atoms with Crippen molar-refractivity contribution < 1.29 is 9.53 Å². The molecular weight excluding hydrogens is 361 g/mol. The Bertz CT molecular complexity index is 755. The minimum Gasteiger partial charge on any atom is -0.376 e. The molecule has 1 atom stereocenters. The third kappa shape index (κ3) is 4.17. The van der Waals surface area contributed by atoms with Gasteiger partial charge in [0.25, 0.3) is 5.91 Å². The summed E-state index contributed by atoms with van der Waals surface area (Å²) in [5.41, 5.74) is 2.24. The highest BCUT2D eigenvalue weighted by molar-refractivity contribution is 6.42. The molecule has 0 spiro atoms. The Morgan fingerprint density at radius 3 is 2.92 bits per heavy atom. The molecule has 25 heavy (non-hydrogen) atoms. The number of amides is 1. The Balaban J connectivity index is 1.83. The van der Waals surface area contributed by atoms with Crippen LogP contribution in [0, 0.1) is 0 Å². The van der Waals surface area contributed by atoms with Gasteiger partial charge in [-0.1, -0.05) is 36.5 Å². The predicted molar refractivity (Wildman–Crippen MR) is 98.9 cm³/mol. The fraction of sp³-hybridized carbons (Fsp3) is 0.444. The quantitative estimate of drug-likeness (QED) is 0.821. The van der Waals surface area contributed by atoms with Gasteiger partial charge in [-0.05, 0) is 37.5 Å². The number of nitrogens with zero attached hydrogens (tertiary/aromatic N) is 2.